The van der Waals surface area contributed by atoms with Crippen molar-refractivity contribution < 1.29 is 22.0 Å². The lowest BCUT2D eigenvalue weighted by Crippen LogP contribution is -2.40. The molecular weight excluding hydrogens is 456 g/mol. The number of amides is 1. The minimum atomic E-state index is -3.31. The monoisotopic (exact) mass is 471 g/mol. The van der Waals surface area contributed by atoms with Crippen LogP contribution < -0.4 is 10.2 Å². The predicted octanol–water partition coefficient (Wildman–Crippen LogP) is 3.33. The van der Waals surface area contributed by atoms with Crippen molar-refractivity contribution in [2.45, 2.75) is 12.1 Å². The number of amidine groups is 1. The largest absolute Gasteiger partial charge is 0.325 e. The number of hydrogen-bond donors (Lipinski definition) is 1. The molecule has 0 aliphatic carbocycles. The lowest BCUT2D eigenvalue weighted by atomic mass is 10.1. The molecule has 1 amide bonds. The molecule has 2 aromatic carbocycles. The molecule has 30 heavy (non-hydrogen) atoms. The minimum absolute atomic E-state index is 0.0301. The number of benzene rings is 2. The van der Waals surface area contributed by atoms with Crippen molar-refractivity contribution in [3.05, 3.63) is 59.1 Å². The first kappa shape index (κ1) is 21.1. The van der Waals surface area contributed by atoms with Crippen LogP contribution in [0.4, 0.5) is 20.2 Å². The Kier molecular flexibility index (Phi) is 5.73. The molecule has 0 saturated carbocycles. The van der Waals surface area contributed by atoms with Crippen molar-refractivity contribution in [2.24, 2.45) is 4.99 Å². The van der Waals surface area contributed by atoms with Gasteiger partial charge in [0.1, 0.15) is 11.6 Å². The zero-order valence-corrected chi connectivity index (χ0v) is 17.8. The van der Waals surface area contributed by atoms with E-state index in [9.17, 15) is 22.0 Å². The Hall–Kier alpha value is -2.17. The Labute approximate surface area is 181 Å². The highest BCUT2D eigenvalue weighted by Gasteiger charge is 2.47. The van der Waals surface area contributed by atoms with Gasteiger partial charge in [0.15, 0.2) is 15.0 Å². The molecule has 2 atom stereocenters. The summed E-state index contributed by atoms with van der Waals surface area (Å²) >= 11 is 6.97. The SMILES string of the molecule is O=C(CSC1=N[C@H]2CS(=O)(=O)C[C@@H]2N1c1ccc(F)cc1F)Nc1cccc(Cl)c1. The molecule has 4 rings (SSSR count). The number of aliphatic imine (C=N–C) groups is 1. The predicted molar refractivity (Wildman–Crippen MR) is 115 cm³/mol. The van der Waals surface area contributed by atoms with Crippen molar-refractivity contribution in [3.8, 4) is 0 Å². The van der Waals surface area contributed by atoms with E-state index in [1.165, 1.54) is 11.0 Å². The highest BCUT2D eigenvalue weighted by Crippen LogP contribution is 2.36. The first-order valence-electron chi connectivity index (χ1n) is 8.92. The Morgan fingerprint density at radius 1 is 1.23 bits per heavy atom. The van der Waals surface area contributed by atoms with Gasteiger partial charge in [0.2, 0.25) is 5.91 Å². The second-order valence-corrected chi connectivity index (χ2v) is 10.5. The fraction of sp³-hybridized carbons (Fsp3) is 0.263. The number of nitrogens with one attached hydrogen (secondary N) is 1. The normalized spacial score (nSPS) is 22.0. The third kappa shape index (κ3) is 4.45. The third-order valence-corrected chi connectivity index (χ3v) is 7.62. The molecule has 1 saturated heterocycles. The molecule has 0 radical (unpaired) electrons. The van der Waals surface area contributed by atoms with Gasteiger partial charge in [-0.15, -0.1) is 0 Å². The van der Waals surface area contributed by atoms with Crippen LogP contribution >= 0.6 is 23.4 Å². The molecule has 1 N–H and O–H groups in total. The van der Waals surface area contributed by atoms with Crippen LogP contribution in [0.15, 0.2) is 47.5 Å². The molecule has 2 aromatic rings. The van der Waals surface area contributed by atoms with Crippen molar-refractivity contribution >= 4 is 55.6 Å². The quantitative estimate of drug-likeness (QED) is 0.740. The van der Waals surface area contributed by atoms with Gasteiger partial charge in [-0.05, 0) is 30.3 Å². The molecule has 11 heteroatoms. The molecule has 0 spiro atoms. The maximum Gasteiger partial charge on any atom is 0.234 e. The van der Waals surface area contributed by atoms with E-state index in [1.807, 2.05) is 0 Å². The van der Waals surface area contributed by atoms with Gasteiger partial charge < -0.3 is 10.2 Å². The molecule has 6 nitrogen and oxygen atoms in total. The number of carbonyl (C=O) groups excluding carboxylic acids is 1. The van der Waals surface area contributed by atoms with Crippen LogP contribution in [0.2, 0.25) is 5.02 Å². The zero-order valence-electron chi connectivity index (χ0n) is 15.4. The van der Waals surface area contributed by atoms with Gasteiger partial charge in [-0.2, -0.15) is 0 Å². The summed E-state index contributed by atoms with van der Waals surface area (Å²) in [4.78, 5) is 18.2. The van der Waals surface area contributed by atoms with Crippen LogP contribution in [0.1, 0.15) is 0 Å². The van der Waals surface area contributed by atoms with Crippen LogP contribution in [-0.4, -0.2) is 48.8 Å². The third-order valence-electron chi connectivity index (χ3n) is 4.72. The summed E-state index contributed by atoms with van der Waals surface area (Å²) in [6.07, 6.45) is 0. The van der Waals surface area contributed by atoms with Gasteiger partial charge in [0, 0.05) is 16.8 Å². The summed E-state index contributed by atoms with van der Waals surface area (Å²) < 4.78 is 51.9. The summed E-state index contributed by atoms with van der Waals surface area (Å²) in [7, 11) is -3.31. The van der Waals surface area contributed by atoms with Gasteiger partial charge in [-0.25, -0.2) is 17.2 Å². The number of halogens is 3. The minimum Gasteiger partial charge on any atom is -0.325 e. The Morgan fingerprint density at radius 3 is 2.77 bits per heavy atom. The Bertz CT molecular complexity index is 1140. The van der Waals surface area contributed by atoms with E-state index in [2.05, 4.69) is 10.3 Å². The van der Waals surface area contributed by atoms with Crippen molar-refractivity contribution in [2.75, 3.05) is 27.5 Å². The van der Waals surface area contributed by atoms with Gasteiger partial charge >= 0.3 is 0 Å². The number of sulfone groups is 1. The lowest BCUT2D eigenvalue weighted by Gasteiger charge is -2.26. The van der Waals surface area contributed by atoms with Crippen molar-refractivity contribution in [3.63, 3.8) is 0 Å². The second kappa shape index (κ2) is 8.16. The van der Waals surface area contributed by atoms with Gasteiger partial charge in [0.25, 0.3) is 0 Å². The number of hydrogen-bond acceptors (Lipinski definition) is 6. The summed E-state index contributed by atoms with van der Waals surface area (Å²) in [5.41, 5.74) is 0.563. The molecule has 2 aliphatic rings. The first-order chi connectivity index (χ1) is 14.2. The van der Waals surface area contributed by atoms with Gasteiger partial charge in [0.05, 0.1) is 35.0 Å². The second-order valence-electron chi connectivity index (χ2n) is 6.94. The van der Waals surface area contributed by atoms with E-state index in [0.717, 1.165) is 23.9 Å². The van der Waals surface area contributed by atoms with Gasteiger partial charge in [-0.3, -0.25) is 9.79 Å². The fourth-order valence-corrected chi connectivity index (χ4v) is 6.43. The molecule has 2 heterocycles. The molecule has 0 bridgehead atoms. The van der Waals surface area contributed by atoms with E-state index in [-0.39, 0.29) is 28.9 Å². The van der Waals surface area contributed by atoms with Crippen molar-refractivity contribution in [1.82, 2.24) is 0 Å². The maximum atomic E-state index is 14.5. The standard InChI is InChI=1S/C19H16ClF2N3O3S2/c20-11-2-1-3-13(6-11)23-18(26)8-29-19-24-15-9-30(27,28)10-17(15)25(19)16-5-4-12(21)7-14(16)22/h1-7,15,17H,8-10H2,(H,23,26)/t15-,17-/m0/s1. The molecule has 158 valence electrons. The Balaban J connectivity index is 1.53. The number of thioether (sulfide) groups is 1. The molecule has 0 unspecified atom stereocenters. The lowest BCUT2D eigenvalue weighted by molar-refractivity contribution is -0.113. The summed E-state index contributed by atoms with van der Waals surface area (Å²) in [6, 6.07) is 8.62. The average Bonchev–Trinajstić information content (AvgIpc) is 3.11. The molecule has 0 aromatic heterocycles. The van der Waals surface area contributed by atoms with E-state index in [0.29, 0.717) is 15.9 Å². The van der Waals surface area contributed by atoms with E-state index < -0.39 is 33.6 Å². The molecular formula is C19H16ClF2N3O3S2. The first-order valence-corrected chi connectivity index (χ1v) is 12.1. The van der Waals surface area contributed by atoms with E-state index in [1.54, 1.807) is 24.3 Å². The highest BCUT2D eigenvalue weighted by molar-refractivity contribution is 8.14. The summed E-state index contributed by atoms with van der Waals surface area (Å²) in [6.45, 7) is 0. The Morgan fingerprint density at radius 2 is 2.03 bits per heavy atom. The number of anilines is 2. The van der Waals surface area contributed by atoms with E-state index in [4.69, 9.17) is 11.6 Å². The van der Waals surface area contributed by atoms with Crippen LogP contribution in [0, 0.1) is 11.6 Å². The van der Waals surface area contributed by atoms with Gasteiger partial charge in [-0.1, -0.05) is 29.4 Å². The average molecular weight is 472 g/mol. The molecule has 1 fully saturated rings. The number of fused-ring (bicyclic) bond motifs is 1. The fourth-order valence-electron chi connectivity index (χ4n) is 3.48. The molecule has 2 aliphatic heterocycles. The number of carbonyl (C=O) groups is 1. The van der Waals surface area contributed by atoms with Crippen LogP contribution in [-0.2, 0) is 14.6 Å². The maximum absolute atomic E-state index is 14.5. The van der Waals surface area contributed by atoms with Crippen molar-refractivity contribution in [1.29, 1.82) is 0 Å². The summed E-state index contributed by atoms with van der Waals surface area (Å²) in [5.74, 6) is -2.24. The summed E-state index contributed by atoms with van der Waals surface area (Å²) in [5, 5.41) is 3.51. The number of nitrogens with zero attached hydrogens (tertiary/aromatic N) is 2. The van der Waals surface area contributed by atoms with Crippen LogP contribution in [0.25, 0.3) is 0 Å². The highest BCUT2D eigenvalue weighted by atomic mass is 35.5. The van der Waals surface area contributed by atoms with Crippen LogP contribution in [0.5, 0.6) is 0 Å². The zero-order chi connectivity index (χ0) is 21.5. The van der Waals surface area contributed by atoms with E-state index >= 15 is 0 Å². The smallest absolute Gasteiger partial charge is 0.234 e. The van der Waals surface area contributed by atoms with Crippen LogP contribution in [0.3, 0.4) is 0 Å². The number of rotatable bonds is 4. The topological polar surface area (TPSA) is 78.8 Å².